The largest absolute Gasteiger partial charge is 0.399 e. The van der Waals surface area contributed by atoms with E-state index in [4.69, 9.17) is 5.73 Å². The second-order valence-corrected chi connectivity index (χ2v) is 5.47. The van der Waals surface area contributed by atoms with Crippen molar-refractivity contribution in [3.63, 3.8) is 0 Å². The third-order valence-electron chi connectivity index (χ3n) is 2.91. The van der Waals surface area contributed by atoms with Gasteiger partial charge in [0.15, 0.2) is 0 Å². The van der Waals surface area contributed by atoms with Gasteiger partial charge in [-0.05, 0) is 31.9 Å². The summed E-state index contributed by atoms with van der Waals surface area (Å²) in [6.45, 7) is 8.02. The number of hydrogen-bond donors (Lipinski definition) is 2. The first kappa shape index (κ1) is 14.5. The molecule has 0 heterocycles. The lowest BCUT2D eigenvalue weighted by molar-refractivity contribution is -0.125. The van der Waals surface area contributed by atoms with E-state index in [-0.39, 0.29) is 5.91 Å². The summed E-state index contributed by atoms with van der Waals surface area (Å²) in [5.41, 5.74) is 5.31. The van der Waals surface area contributed by atoms with Gasteiger partial charge in [-0.1, -0.05) is 19.9 Å². The van der Waals surface area contributed by atoms with Gasteiger partial charge in [-0.3, -0.25) is 4.79 Å². The molecule has 0 unspecified atom stereocenters. The smallest absolute Gasteiger partial charge is 0.230 e. The molecule has 3 N–H and O–H groups in total. The molecule has 0 saturated heterocycles. The molecule has 0 spiro atoms. The molecule has 0 aliphatic carbocycles. The number of rotatable bonds is 4. The van der Waals surface area contributed by atoms with Crippen molar-refractivity contribution in [3.05, 3.63) is 29.6 Å². The van der Waals surface area contributed by atoms with Crippen molar-refractivity contribution in [1.82, 2.24) is 5.32 Å². The average molecular weight is 252 g/mol. The maximum absolute atomic E-state index is 13.8. The molecule has 4 heteroatoms. The number of hydrogen-bond acceptors (Lipinski definition) is 2. The van der Waals surface area contributed by atoms with Crippen LogP contribution in [0.3, 0.4) is 0 Å². The third kappa shape index (κ3) is 3.22. The second kappa shape index (κ2) is 5.38. The lowest BCUT2D eigenvalue weighted by Crippen LogP contribution is -2.42. The van der Waals surface area contributed by atoms with Gasteiger partial charge in [0.05, 0.1) is 5.41 Å². The van der Waals surface area contributed by atoms with Gasteiger partial charge in [0.2, 0.25) is 5.91 Å². The molecule has 0 aliphatic rings. The van der Waals surface area contributed by atoms with Crippen molar-refractivity contribution < 1.29 is 9.18 Å². The maximum atomic E-state index is 13.8. The molecule has 0 aliphatic heterocycles. The van der Waals surface area contributed by atoms with Gasteiger partial charge >= 0.3 is 0 Å². The highest BCUT2D eigenvalue weighted by atomic mass is 19.1. The Kier molecular flexibility index (Phi) is 4.33. The monoisotopic (exact) mass is 252 g/mol. The number of carbonyl (C=O) groups is 1. The summed E-state index contributed by atoms with van der Waals surface area (Å²) in [5.74, 6) is -0.263. The van der Waals surface area contributed by atoms with Crippen LogP contribution in [-0.4, -0.2) is 12.5 Å². The SMILES string of the molecule is CC(C)CNC(=O)C(C)(C)c1ccc(N)cc1F. The molecule has 0 radical (unpaired) electrons. The number of carbonyl (C=O) groups excluding carboxylic acids is 1. The standard InChI is InChI=1S/C14H21FN2O/c1-9(2)8-17-13(18)14(3,4)11-6-5-10(16)7-12(11)15/h5-7,9H,8,16H2,1-4H3,(H,17,18). The molecule has 0 aromatic heterocycles. The minimum Gasteiger partial charge on any atom is -0.399 e. The highest BCUT2D eigenvalue weighted by Crippen LogP contribution is 2.27. The fraction of sp³-hybridized carbons (Fsp3) is 0.500. The second-order valence-electron chi connectivity index (χ2n) is 5.47. The molecule has 100 valence electrons. The molecule has 1 amide bonds. The topological polar surface area (TPSA) is 55.1 Å². The van der Waals surface area contributed by atoms with E-state index in [1.165, 1.54) is 6.07 Å². The molecule has 3 nitrogen and oxygen atoms in total. The number of anilines is 1. The molecule has 0 saturated carbocycles. The van der Waals surface area contributed by atoms with Crippen LogP contribution in [0.4, 0.5) is 10.1 Å². The summed E-state index contributed by atoms with van der Waals surface area (Å²) in [5, 5.41) is 2.83. The Bertz CT molecular complexity index is 441. The van der Waals surface area contributed by atoms with Gasteiger partial charge in [0.25, 0.3) is 0 Å². The van der Waals surface area contributed by atoms with Gasteiger partial charge in [-0.2, -0.15) is 0 Å². The van der Waals surface area contributed by atoms with E-state index in [1.807, 2.05) is 13.8 Å². The number of nitrogens with one attached hydrogen (secondary N) is 1. The molecule has 1 aromatic carbocycles. The van der Waals surface area contributed by atoms with Crippen molar-refractivity contribution in [3.8, 4) is 0 Å². The minimum atomic E-state index is -0.910. The quantitative estimate of drug-likeness (QED) is 0.809. The van der Waals surface area contributed by atoms with Gasteiger partial charge < -0.3 is 11.1 Å². The van der Waals surface area contributed by atoms with Crippen LogP contribution in [-0.2, 0) is 10.2 Å². The lowest BCUT2D eigenvalue weighted by atomic mass is 9.83. The average Bonchev–Trinajstić information content (AvgIpc) is 2.24. The summed E-state index contributed by atoms with van der Waals surface area (Å²) in [4.78, 5) is 12.1. The maximum Gasteiger partial charge on any atom is 0.230 e. The zero-order chi connectivity index (χ0) is 13.9. The Morgan fingerprint density at radius 2 is 2.06 bits per heavy atom. The van der Waals surface area contributed by atoms with Crippen LogP contribution in [0.2, 0.25) is 0 Å². The summed E-state index contributed by atoms with van der Waals surface area (Å²) in [7, 11) is 0. The highest BCUT2D eigenvalue weighted by molar-refractivity contribution is 5.87. The van der Waals surface area contributed by atoms with Crippen molar-refractivity contribution in [1.29, 1.82) is 0 Å². The minimum absolute atomic E-state index is 0.181. The van der Waals surface area contributed by atoms with Gasteiger partial charge in [-0.15, -0.1) is 0 Å². The predicted molar refractivity (Wildman–Crippen MR) is 71.7 cm³/mol. The number of halogens is 1. The zero-order valence-electron chi connectivity index (χ0n) is 11.4. The van der Waals surface area contributed by atoms with Crippen molar-refractivity contribution in [2.24, 2.45) is 5.92 Å². The van der Waals surface area contributed by atoms with Gasteiger partial charge in [-0.25, -0.2) is 4.39 Å². The first-order valence-corrected chi connectivity index (χ1v) is 6.09. The van der Waals surface area contributed by atoms with E-state index in [1.54, 1.807) is 26.0 Å². The molecule has 0 fully saturated rings. The highest BCUT2D eigenvalue weighted by Gasteiger charge is 2.32. The van der Waals surface area contributed by atoms with Crippen LogP contribution in [0.5, 0.6) is 0 Å². The molecule has 1 rings (SSSR count). The summed E-state index contributed by atoms with van der Waals surface area (Å²) >= 11 is 0. The third-order valence-corrected chi connectivity index (χ3v) is 2.91. The fourth-order valence-corrected chi connectivity index (χ4v) is 1.68. The summed E-state index contributed by atoms with van der Waals surface area (Å²) in [6.07, 6.45) is 0. The summed E-state index contributed by atoms with van der Waals surface area (Å²) in [6, 6.07) is 4.42. The van der Waals surface area contributed by atoms with Crippen LogP contribution in [0.25, 0.3) is 0 Å². The van der Waals surface area contributed by atoms with Crippen LogP contribution in [0, 0.1) is 11.7 Å². The number of benzene rings is 1. The Morgan fingerprint density at radius 1 is 1.44 bits per heavy atom. The van der Waals surface area contributed by atoms with Crippen molar-refractivity contribution in [2.75, 3.05) is 12.3 Å². The van der Waals surface area contributed by atoms with E-state index in [0.717, 1.165) is 0 Å². The molecule has 1 aromatic rings. The zero-order valence-corrected chi connectivity index (χ0v) is 11.4. The van der Waals surface area contributed by atoms with Gasteiger partial charge in [0, 0.05) is 17.8 Å². The van der Waals surface area contributed by atoms with Crippen molar-refractivity contribution in [2.45, 2.75) is 33.1 Å². The van der Waals surface area contributed by atoms with E-state index in [2.05, 4.69) is 5.32 Å². The number of amides is 1. The Hall–Kier alpha value is -1.58. The number of nitrogens with two attached hydrogens (primary N) is 1. The van der Waals surface area contributed by atoms with E-state index < -0.39 is 11.2 Å². The van der Waals surface area contributed by atoms with Crippen LogP contribution in [0.15, 0.2) is 18.2 Å². The predicted octanol–water partition coefficient (Wildman–Crippen LogP) is 2.46. The number of nitrogen functional groups attached to an aromatic ring is 1. The van der Waals surface area contributed by atoms with Crippen LogP contribution in [0.1, 0.15) is 33.3 Å². The molecular formula is C14H21FN2O. The Balaban J connectivity index is 2.94. The molecule has 18 heavy (non-hydrogen) atoms. The van der Waals surface area contributed by atoms with Crippen molar-refractivity contribution >= 4 is 11.6 Å². The molecule has 0 bridgehead atoms. The van der Waals surface area contributed by atoms with E-state index in [9.17, 15) is 9.18 Å². The van der Waals surface area contributed by atoms with Gasteiger partial charge in [0.1, 0.15) is 5.82 Å². The fourth-order valence-electron chi connectivity index (χ4n) is 1.68. The van der Waals surface area contributed by atoms with E-state index >= 15 is 0 Å². The Morgan fingerprint density at radius 3 is 2.56 bits per heavy atom. The van der Waals surface area contributed by atoms with E-state index in [0.29, 0.717) is 23.7 Å². The first-order chi connectivity index (χ1) is 8.25. The summed E-state index contributed by atoms with van der Waals surface area (Å²) < 4.78 is 13.8. The Labute approximate surface area is 108 Å². The lowest BCUT2D eigenvalue weighted by Gasteiger charge is -2.25. The normalized spacial score (nSPS) is 11.7. The van der Waals surface area contributed by atoms with Crippen LogP contribution < -0.4 is 11.1 Å². The molecule has 0 atom stereocenters. The molecular weight excluding hydrogens is 231 g/mol. The van der Waals surface area contributed by atoms with Crippen LogP contribution >= 0.6 is 0 Å². The first-order valence-electron chi connectivity index (χ1n) is 6.09.